The first-order valence-electron chi connectivity index (χ1n) is 12.5. The first kappa shape index (κ1) is 23.6. The number of piperidine rings is 1. The van der Waals surface area contributed by atoms with Crippen LogP contribution in [0.25, 0.3) is 17.2 Å². The molecule has 3 aliphatic rings. The Labute approximate surface area is 220 Å². The number of halogens is 1. The lowest BCUT2D eigenvalue weighted by molar-refractivity contribution is -0.136. The van der Waals surface area contributed by atoms with Crippen LogP contribution in [-0.2, 0) is 22.7 Å². The molecule has 0 aliphatic carbocycles. The third-order valence-electron chi connectivity index (χ3n) is 7.34. The molecular formula is C30H26ClN3O3. The molecule has 1 unspecified atom stereocenters. The maximum atomic E-state index is 12.9. The summed E-state index contributed by atoms with van der Waals surface area (Å²) in [6, 6.07) is 21.7. The second kappa shape index (κ2) is 9.61. The summed E-state index contributed by atoms with van der Waals surface area (Å²) in [6.07, 6.45) is 2.83. The summed E-state index contributed by atoms with van der Waals surface area (Å²) in [6.45, 7) is 3.06. The first-order chi connectivity index (χ1) is 17.9. The highest BCUT2D eigenvalue weighted by atomic mass is 35.5. The Morgan fingerprint density at radius 2 is 1.70 bits per heavy atom. The fourth-order valence-electron chi connectivity index (χ4n) is 5.46. The lowest BCUT2D eigenvalue weighted by Gasteiger charge is -2.34. The molecule has 3 aromatic rings. The molecule has 3 aliphatic heterocycles. The number of nitrogens with zero attached hydrogens (tertiary/aromatic N) is 2. The van der Waals surface area contributed by atoms with Gasteiger partial charge >= 0.3 is 0 Å². The number of imide groups is 1. The highest BCUT2D eigenvalue weighted by Gasteiger charge is 2.39. The van der Waals surface area contributed by atoms with Gasteiger partial charge in [0.2, 0.25) is 11.8 Å². The maximum absolute atomic E-state index is 12.9. The Hall–Kier alpha value is -3.74. The molecule has 186 valence electrons. The van der Waals surface area contributed by atoms with E-state index in [4.69, 9.17) is 11.6 Å². The van der Waals surface area contributed by atoms with E-state index in [0.717, 1.165) is 41.3 Å². The predicted molar refractivity (Wildman–Crippen MR) is 143 cm³/mol. The fourth-order valence-corrected chi connectivity index (χ4v) is 5.59. The van der Waals surface area contributed by atoms with E-state index in [1.54, 1.807) is 4.90 Å². The van der Waals surface area contributed by atoms with E-state index in [-0.39, 0.29) is 24.1 Å². The van der Waals surface area contributed by atoms with Crippen molar-refractivity contribution in [1.82, 2.24) is 15.1 Å². The van der Waals surface area contributed by atoms with Crippen molar-refractivity contribution in [2.75, 3.05) is 13.1 Å². The molecule has 0 spiro atoms. The lowest BCUT2D eigenvalue weighted by Crippen LogP contribution is -2.52. The average Bonchev–Trinajstić information content (AvgIpc) is 3.19. The number of carbonyl (C=O) groups is 3. The lowest BCUT2D eigenvalue weighted by atomic mass is 9.97. The SMILES string of the molecule is O=C1CCC(N2Cc3cc(C=C4CN(Cc5ccccc5-c5ccc(Cl)cc5)C4)ccc3C2=O)C(=O)N1. The normalized spacial score (nSPS) is 19.5. The first-order valence-corrected chi connectivity index (χ1v) is 12.9. The van der Waals surface area contributed by atoms with Gasteiger partial charge in [-0.05, 0) is 64.1 Å². The number of fused-ring (bicyclic) bond motifs is 1. The van der Waals surface area contributed by atoms with Gasteiger partial charge in [-0.15, -0.1) is 0 Å². The number of carbonyl (C=O) groups excluding carboxylic acids is 3. The molecule has 0 radical (unpaired) electrons. The molecule has 0 saturated carbocycles. The molecule has 0 bridgehead atoms. The smallest absolute Gasteiger partial charge is 0.255 e. The van der Waals surface area contributed by atoms with Crippen LogP contribution in [0, 0.1) is 0 Å². The molecule has 6 nitrogen and oxygen atoms in total. The minimum Gasteiger partial charge on any atom is -0.322 e. The van der Waals surface area contributed by atoms with Crippen molar-refractivity contribution in [2.24, 2.45) is 0 Å². The summed E-state index contributed by atoms with van der Waals surface area (Å²) >= 11 is 6.07. The van der Waals surface area contributed by atoms with Crippen molar-refractivity contribution in [3.05, 3.63) is 99.6 Å². The molecule has 0 aromatic heterocycles. The Morgan fingerprint density at radius 3 is 2.49 bits per heavy atom. The van der Waals surface area contributed by atoms with Gasteiger partial charge in [0, 0.05) is 43.2 Å². The standard InChI is InChI=1S/C30H26ClN3O3/c31-24-8-6-21(7-9-24)25-4-2-1-3-22(25)17-33-15-20(16-33)13-19-5-10-26-23(14-19)18-34(30(26)37)27-11-12-28(35)32-29(27)36/h1-10,13-14,27H,11-12,15-18H2,(H,32,35,36). The van der Waals surface area contributed by atoms with Gasteiger partial charge in [0.05, 0.1) is 0 Å². The van der Waals surface area contributed by atoms with Gasteiger partial charge in [0.15, 0.2) is 0 Å². The van der Waals surface area contributed by atoms with Crippen molar-refractivity contribution in [1.29, 1.82) is 0 Å². The highest BCUT2D eigenvalue weighted by molar-refractivity contribution is 6.30. The zero-order valence-corrected chi connectivity index (χ0v) is 21.0. The molecule has 2 saturated heterocycles. The van der Waals surface area contributed by atoms with Crippen LogP contribution in [0.15, 0.2) is 72.3 Å². The monoisotopic (exact) mass is 511 g/mol. The van der Waals surface area contributed by atoms with Crippen LogP contribution in [0.3, 0.4) is 0 Å². The maximum Gasteiger partial charge on any atom is 0.255 e. The molecule has 3 amide bonds. The Morgan fingerprint density at radius 1 is 0.919 bits per heavy atom. The predicted octanol–water partition coefficient (Wildman–Crippen LogP) is 4.67. The molecule has 1 N–H and O–H groups in total. The summed E-state index contributed by atoms with van der Waals surface area (Å²) < 4.78 is 0. The van der Waals surface area contributed by atoms with Gasteiger partial charge in [0.1, 0.15) is 6.04 Å². The van der Waals surface area contributed by atoms with Crippen LogP contribution >= 0.6 is 11.6 Å². The number of hydrogen-bond donors (Lipinski definition) is 1. The Kier molecular flexibility index (Phi) is 6.14. The molecule has 37 heavy (non-hydrogen) atoms. The summed E-state index contributed by atoms with van der Waals surface area (Å²) in [5, 5.41) is 3.09. The molecule has 6 rings (SSSR count). The van der Waals surface area contributed by atoms with E-state index < -0.39 is 6.04 Å². The number of rotatable bonds is 5. The highest BCUT2D eigenvalue weighted by Crippen LogP contribution is 2.31. The molecule has 2 fully saturated rings. The zero-order valence-electron chi connectivity index (χ0n) is 20.2. The number of benzene rings is 3. The molecular weight excluding hydrogens is 486 g/mol. The van der Waals surface area contributed by atoms with Crippen molar-refractivity contribution in [3.8, 4) is 11.1 Å². The second-order valence-corrected chi connectivity index (χ2v) is 10.4. The van der Waals surface area contributed by atoms with E-state index in [2.05, 4.69) is 52.7 Å². The zero-order chi connectivity index (χ0) is 25.5. The topological polar surface area (TPSA) is 69.7 Å². The van der Waals surface area contributed by atoms with E-state index in [1.165, 1.54) is 16.7 Å². The van der Waals surface area contributed by atoms with E-state index >= 15 is 0 Å². The molecule has 7 heteroatoms. The van der Waals surface area contributed by atoms with Crippen molar-refractivity contribution in [2.45, 2.75) is 32.0 Å². The van der Waals surface area contributed by atoms with Gasteiger partial charge in [-0.1, -0.05) is 60.1 Å². The molecule has 3 aromatic carbocycles. The van der Waals surface area contributed by atoms with Crippen molar-refractivity contribution >= 4 is 35.4 Å². The third-order valence-corrected chi connectivity index (χ3v) is 7.59. The van der Waals surface area contributed by atoms with Crippen LogP contribution in [0.1, 0.15) is 39.9 Å². The van der Waals surface area contributed by atoms with Crippen molar-refractivity contribution in [3.63, 3.8) is 0 Å². The van der Waals surface area contributed by atoms with E-state index in [1.807, 2.05) is 30.3 Å². The summed E-state index contributed by atoms with van der Waals surface area (Å²) in [5.74, 6) is -0.799. The number of hydrogen-bond acceptors (Lipinski definition) is 4. The quantitative estimate of drug-likeness (QED) is 0.505. The number of nitrogens with one attached hydrogen (secondary N) is 1. The van der Waals surface area contributed by atoms with Crippen molar-refractivity contribution < 1.29 is 14.4 Å². The molecule has 3 heterocycles. The number of likely N-dealkylation sites (tertiary alicyclic amines) is 1. The fraction of sp³-hybridized carbons (Fsp3) is 0.233. The summed E-state index contributed by atoms with van der Waals surface area (Å²) in [5.41, 5.74) is 7.64. The second-order valence-electron chi connectivity index (χ2n) is 9.93. The van der Waals surface area contributed by atoms with E-state index in [9.17, 15) is 14.4 Å². The Bertz CT molecular complexity index is 1440. The van der Waals surface area contributed by atoms with Gasteiger partial charge in [-0.2, -0.15) is 0 Å². The van der Waals surface area contributed by atoms with Gasteiger partial charge in [-0.25, -0.2) is 0 Å². The van der Waals surface area contributed by atoms with Crippen LogP contribution in [0.4, 0.5) is 0 Å². The van der Waals surface area contributed by atoms with Crippen LogP contribution in [-0.4, -0.2) is 46.7 Å². The minimum atomic E-state index is -0.588. The van der Waals surface area contributed by atoms with Gasteiger partial charge in [-0.3, -0.25) is 24.6 Å². The van der Waals surface area contributed by atoms with Crippen LogP contribution in [0.5, 0.6) is 0 Å². The summed E-state index contributed by atoms with van der Waals surface area (Å²) in [4.78, 5) is 40.7. The van der Waals surface area contributed by atoms with Gasteiger partial charge < -0.3 is 4.90 Å². The summed E-state index contributed by atoms with van der Waals surface area (Å²) in [7, 11) is 0. The average molecular weight is 512 g/mol. The minimum absolute atomic E-state index is 0.141. The van der Waals surface area contributed by atoms with Crippen LogP contribution in [0.2, 0.25) is 5.02 Å². The Balaban J connectivity index is 1.11. The van der Waals surface area contributed by atoms with Crippen LogP contribution < -0.4 is 5.32 Å². The van der Waals surface area contributed by atoms with Gasteiger partial charge in [0.25, 0.3) is 5.91 Å². The number of amides is 3. The molecule has 1 atom stereocenters. The largest absolute Gasteiger partial charge is 0.322 e. The van der Waals surface area contributed by atoms with E-state index in [0.29, 0.717) is 18.5 Å². The third kappa shape index (κ3) is 4.70.